The lowest BCUT2D eigenvalue weighted by Gasteiger charge is -2.23. The molecular formula is C17H24ClFN5O6P. The zero-order chi connectivity index (χ0) is 22.4. The van der Waals surface area contributed by atoms with Gasteiger partial charge in [-0.3, -0.25) is 4.57 Å². The van der Waals surface area contributed by atoms with Crippen LogP contribution in [0.2, 0.25) is 5.28 Å². The quantitative estimate of drug-likeness (QED) is 0.344. The Morgan fingerprint density at radius 2 is 2.13 bits per heavy atom. The van der Waals surface area contributed by atoms with E-state index in [2.05, 4.69) is 20.4 Å². The van der Waals surface area contributed by atoms with Crippen molar-refractivity contribution in [2.75, 3.05) is 11.9 Å². The Labute approximate surface area is 182 Å². The molecule has 11 nitrogen and oxygen atoms in total. The number of hydrogen-bond acceptors (Lipinski definition) is 8. The van der Waals surface area contributed by atoms with Crippen LogP contribution in [0.5, 0.6) is 0 Å². The highest BCUT2D eigenvalue weighted by atomic mass is 35.5. The molecule has 3 heterocycles. The lowest BCUT2D eigenvalue weighted by molar-refractivity contribution is -0.126. The third-order valence-electron chi connectivity index (χ3n) is 5.58. The maximum absolute atomic E-state index is 14.0. The number of aromatic nitrogens is 4. The van der Waals surface area contributed by atoms with Crippen LogP contribution >= 0.6 is 19.2 Å². The summed E-state index contributed by atoms with van der Waals surface area (Å²) in [6.07, 6.45) is 3.15. The zero-order valence-electron chi connectivity index (χ0n) is 16.7. The third kappa shape index (κ3) is 4.70. The molecular weight excluding hydrogens is 456 g/mol. The van der Waals surface area contributed by atoms with E-state index in [1.54, 1.807) is 6.20 Å². The number of aliphatic hydroxyl groups is 1. The summed E-state index contributed by atoms with van der Waals surface area (Å²) in [5.74, 6) is 0.551. The lowest BCUT2D eigenvalue weighted by Crippen LogP contribution is -2.28. The van der Waals surface area contributed by atoms with Crippen LogP contribution in [0.4, 0.5) is 10.2 Å². The van der Waals surface area contributed by atoms with Crippen molar-refractivity contribution in [3.8, 4) is 0 Å². The van der Waals surface area contributed by atoms with E-state index in [1.165, 1.54) is 4.68 Å². The fourth-order valence-electron chi connectivity index (χ4n) is 3.85. The zero-order valence-corrected chi connectivity index (χ0v) is 18.3. The number of aliphatic hydroxyl groups excluding tert-OH is 1. The molecule has 0 bridgehead atoms. The van der Waals surface area contributed by atoms with Gasteiger partial charge in [-0.15, -0.1) is 0 Å². The smallest absolute Gasteiger partial charge is 0.388 e. The van der Waals surface area contributed by atoms with E-state index < -0.39 is 38.2 Å². The Morgan fingerprint density at radius 1 is 1.42 bits per heavy atom. The minimum atomic E-state index is -5.12. The number of hydrogen-bond donors (Lipinski definition) is 4. The molecule has 31 heavy (non-hydrogen) atoms. The van der Waals surface area contributed by atoms with E-state index in [9.17, 15) is 14.1 Å². The van der Waals surface area contributed by atoms with E-state index in [0.717, 1.165) is 25.7 Å². The Morgan fingerprint density at radius 3 is 2.81 bits per heavy atom. The van der Waals surface area contributed by atoms with Crippen molar-refractivity contribution in [1.29, 1.82) is 0 Å². The first-order chi connectivity index (χ1) is 14.5. The lowest BCUT2D eigenvalue weighted by atomic mass is 10.2. The van der Waals surface area contributed by atoms with Gasteiger partial charge in [-0.05, 0) is 24.4 Å². The summed E-state index contributed by atoms with van der Waals surface area (Å²) < 4.78 is 37.0. The van der Waals surface area contributed by atoms with Crippen LogP contribution < -0.4 is 5.32 Å². The van der Waals surface area contributed by atoms with Crippen LogP contribution in [0.1, 0.15) is 45.3 Å². The van der Waals surface area contributed by atoms with Gasteiger partial charge in [0, 0.05) is 19.4 Å². The minimum absolute atomic E-state index is 0.0111. The van der Waals surface area contributed by atoms with Gasteiger partial charge in [-0.2, -0.15) is 19.5 Å². The van der Waals surface area contributed by atoms with Crippen molar-refractivity contribution in [1.82, 2.24) is 19.7 Å². The van der Waals surface area contributed by atoms with Crippen LogP contribution in [0, 0.1) is 0 Å². The summed E-state index contributed by atoms with van der Waals surface area (Å²) in [4.78, 5) is 26.5. The van der Waals surface area contributed by atoms with Crippen molar-refractivity contribution in [2.45, 2.75) is 69.1 Å². The molecule has 4 atom stereocenters. The third-order valence-corrected chi connectivity index (χ3v) is 6.92. The Bertz CT molecular complexity index is 997. The molecule has 0 radical (unpaired) electrons. The standard InChI is InChI=1S/C17H24ClFN5O6P/c1-17(19,31(26,27)28)29-8-10-6-12(25)15(30-10)24-14-11(7-20-24)13(22-16(18)23-14)21-9-4-2-3-5-9/h7,9-10,12,15,25H,2-6,8H2,1H3,(H,21,22,23)(H2,26,27,28)/t10-,12+,15+,17?/m0/s1. The Kier molecular flexibility index (Phi) is 6.25. The summed E-state index contributed by atoms with van der Waals surface area (Å²) in [6.45, 7) is 0.185. The first-order valence-corrected chi connectivity index (χ1v) is 11.9. The SMILES string of the molecule is CC(F)(OC[C@@H]1C[C@@H](O)[C@H](n2ncc3c(NC4CCCC4)nc(Cl)nc32)O1)P(=O)(O)O. The predicted molar refractivity (Wildman–Crippen MR) is 108 cm³/mol. The maximum Gasteiger partial charge on any atom is 0.389 e. The highest BCUT2D eigenvalue weighted by Crippen LogP contribution is 2.52. The summed E-state index contributed by atoms with van der Waals surface area (Å²) in [6, 6.07) is 0.288. The van der Waals surface area contributed by atoms with Gasteiger partial charge in [0.1, 0.15) is 11.9 Å². The van der Waals surface area contributed by atoms with Crippen LogP contribution in [-0.2, 0) is 14.0 Å². The van der Waals surface area contributed by atoms with E-state index in [1.807, 2.05) is 0 Å². The van der Waals surface area contributed by atoms with Crippen LogP contribution in [0.25, 0.3) is 11.0 Å². The summed E-state index contributed by atoms with van der Waals surface area (Å²) in [5.41, 5.74) is -2.80. The van der Waals surface area contributed by atoms with Gasteiger partial charge in [0.25, 0.3) is 0 Å². The monoisotopic (exact) mass is 479 g/mol. The maximum atomic E-state index is 14.0. The second-order valence-electron chi connectivity index (χ2n) is 7.97. The van der Waals surface area contributed by atoms with E-state index in [0.29, 0.717) is 23.8 Å². The second-order valence-corrected chi connectivity index (χ2v) is 10.2. The van der Waals surface area contributed by atoms with Gasteiger partial charge < -0.3 is 29.7 Å². The molecule has 2 aliphatic rings. The van der Waals surface area contributed by atoms with Crippen molar-refractivity contribution >= 4 is 36.0 Å². The number of alkyl halides is 1. The van der Waals surface area contributed by atoms with E-state index in [-0.39, 0.29) is 17.7 Å². The van der Waals surface area contributed by atoms with Crippen molar-refractivity contribution in [3.63, 3.8) is 0 Å². The average Bonchev–Trinajstić information content (AvgIpc) is 3.39. The van der Waals surface area contributed by atoms with Crippen molar-refractivity contribution < 1.29 is 33.3 Å². The van der Waals surface area contributed by atoms with Crippen molar-refractivity contribution in [3.05, 3.63) is 11.5 Å². The molecule has 4 N–H and O–H groups in total. The van der Waals surface area contributed by atoms with Crippen LogP contribution in [0.3, 0.4) is 0 Å². The highest BCUT2D eigenvalue weighted by Gasteiger charge is 2.46. The molecule has 2 aromatic rings. The Balaban J connectivity index is 1.52. The summed E-state index contributed by atoms with van der Waals surface area (Å²) in [7, 11) is -5.12. The van der Waals surface area contributed by atoms with Gasteiger partial charge in [0.15, 0.2) is 11.9 Å². The predicted octanol–water partition coefficient (Wildman–Crippen LogP) is 2.32. The first kappa shape index (κ1) is 22.8. The number of fused-ring (bicyclic) bond motifs is 1. The van der Waals surface area contributed by atoms with Gasteiger partial charge in [-0.25, -0.2) is 4.68 Å². The fourth-order valence-corrected chi connectivity index (χ4v) is 4.25. The van der Waals surface area contributed by atoms with Gasteiger partial charge in [-0.1, -0.05) is 12.8 Å². The first-order valence-electron chi connectivity index (χ1n) is 9.94. The largest absolute Gasteiger partial charge is 0.389 e. The van der Waals surface area contributed by atoms with Gasteiger partial charge in [0.05, 0.1) is 24.3 Å². The number of anilines is 1. The number of halogens is 2. The van der Waals surface area contributed by atoms with E-state index >= 15 is 0 Å². The molecule has 14 heteroatoms. The molecule has 1 saturated heterocycles. The molecule has 0 amide bonds. The molecule has 0 aromatic carbocycles. The molecule has 1 aliphatic heterocycles. The number of nitrogens with one attached hydrogen (secondary N) is 1. The number of rotatable bonds is 7. The molecule has 1 aliphatic carbocycles. The molecule has 0 spiro atoms. The van der Waals surface area contributed by atoms with Crippen LogP contribution in [-0.4, -0.2) is 65.1 Å². The van der Waals surface area contributed by atoms with Crippen molar-refractivity contribution in [2.24, 2.45) is 0 Å². The topological polar surface area (TPSA) is 152 Å². The Hall–Kier alpha value is -1.40. The van der Waals surface area contributed by atoms with E-state index in [4.69, 9.17) is 30.9 Å². The fraction of sp³-hybridized carbons (Fsp3) is 0.706. The molecule has 172 valence electrons. The highest BCUT2D eigenvalue weighted by molar-refractivity contribution is 7.53. The van der Waals surface area contributed by atoms with Crippen LogP contribution in [0.15, 0.2) is 6.20 Å². The molecule has 2 aromatic heterocycles. The molecule has 2 fully saturated rings. The molecule has 1 saturated carbocycles. The van der Waals surface area contributed by atoms with Gasteiger partial charge in [0.2, 0.25) is 5.28 Å². The summed E-state index contributed by atoms with van der Waals surface area (Å²) in [5, 5.41) is 18.7. The number of nitrogens with zero attached hydrogens (tertiary/aromatic N) is 4. The average molecular weight is 480 g/mol. The minimum Gasteiger partial charge on any atom is -0.388 e. The molecule has 1 unspecified atom stereocenters. The molecule has 4 rings (SSSR count). The van der Waals surface area contributed by atoms with Gasteiger partial charge >= 0.3 is 13.2 Å². The number of ether oxygens (including phenoxy) is 2. The summed E-state index contributed by atoms with van der Waals surface area (Å²) >= 11 is 6.11. The second kappa shape index (κ2) is 8.51. The normalized spacial score (nSPS) is 27.1.